The van der Waals surface area contributed by atoms with Crippen LogP contribution in [-0.2, 0) is 18.3 Å². The minimum atomic E-state index is -0.403. The molecule has 0 bridgehead atoms. The molecule has 0 saturated heterocycles. The molecule has 3 rings (SSSR count). The number of phenols is 1. The Labute approximate surface area is 119 Å². The summed E-state index contributed by atoms with van der Waals surface area (Å²) >= 11 is 0. The highest BCUT2D eigenvalue weighted by Gasteiger charge is 2.35. The number of phenolic OH excluding ortho intramolecular Hbond substituents is 1. The van der Waals surface area contributed by atoms with E-state index < -0.39 is 5.41 Å². The fourth-order valence-electron chi connectivity index (χ4n) is 3.22. The second-order valence-corrected chi connectivity index (χ2v) is 6.28. The van der Waals surface area contributed by atoms with Crippen LogP contribution in [-0.4, -0.2) is 30.0 Å². The second kappa shape index (κ2) is 4.85. The summed E-state index contributed by atoms with van der Waals surface area (Å²) in [6.07, 6.45) is 3.49. The lowest BCUT2D eigenvalue weighted by molar-refractivity contribution is 0.202. The van der Waals surface area contributed by atoms with Crippen LogP contribution in [0.15, 0.2) is 0 Å². The molecule has 1 aromatic carbocycles. The molecule has 0 unspecified atom stereocenters. The number of rotatable bonds is 2. The van der Waals surface area contributed by atoms with Crippen LogP contribution in [0.3, 0.4) is 0 Å². The van der Waals surface area contributed by atoms with Crippen LogP contribution in [0, 0.1) is 0 Å². The maximum absolute atomic E-state index is 10.5. The quantitative estimate of drug-likeness (QED) is 0.871. The molecule has 1 aromatic rings. The van der Waals surface area contributed by atoms with Gasteiger partial charge in [0.15, 0.2) is 11.5 Å². The van der Waals surface area contributed by atoms with Crippen LogP contribution in [0.25, 0.3) is 0 Å². The van der Waals surface area contributed by atoms with Gasteiger partial charge in [-0.1, -0.05) is 13.8 Å². The first-order valence-corrected chi connectivity index (χ1v) is 7.34. The van der Waals surface area contributed by atoms with Gasteiger partial charge in [-0.05, 0) is 25.7 Å². The molecule has 0 atom stereocenters. The Balaban J connectivity index is 2.30. The van der Waals surface area contributed by atoms with Gasteiger partial charge in [0, 0.05) is 22.1 Å². The van der Waals surface area contributed by atoms with Gasteiger partial charge in [0.1, 0.15) is 5.75 Å². The monoisotopic (exact) mass is 278 g/mol. The summed E-state index contributed by atoms with van der Waals surface area (Å²) in [6, 6.07) is 0. The molecule has 2 aliphatic heterocycles. The molecule has 0 fully saturated rings. The topological polar surface area (TPSA) is 58.9 Å². The summed E-state index contributed by atoms with van der Waals surface area (Å²) in [7, 11) is 0. The zero-order valence-corrected chi connectivity index (χ0v) is 12.2. The van der Waals surface area contributed by atoms with Crippen molar-refractivity contribution >= 4 is 0 Å². The van der Waals surface area contributed by atoms with E-state index in [0.717, 1.165) is 48.1 Å². The van der Waals surface area contributed by atoms with Gasteiger partial charge >= 0.3 is 0 Å². The first kappa shape index (κ1) is 13.6. The zero-order chi connectivity index (χ0) is 14.3. The van der Waals surface area contributed by atoms with Gasteiger partial charge in [-0.15, -0.1) is 0 Å². The van der Waals surface area contributed by atoms with Crippen molar-refractivity contribution in [3.8, 4) is 17.2 Å². The number of ether oxygens (including phenoxy) is 2. The van der Waals surface area contributed by atoms with E-state index in [2.05, 4.69) is 0 Å². The molecule has 110 valence electrons. The summed E-state index contributed by atoms with van der Waals surface area (Å²) in [5.74, 6) is 1.63. The van der Waals surface area contributed by atoms with E-state index >= 15 is 0 Å². The number of aliphatic hydroxyl groups excluding tert-OH is 1. The van der Waals surface area contributed by atoms with E-state index in [1.165, 1.54) is 0 Å². The fraction of sp³-hybridized carbons (Fsp3) is 0.625. The molecule has 0 radical (unpaired) electrons. The maximum Gasteiger partial charge on any atom is 0.164 e. The molecule has 4 heteroatoms. The SMILES string of the molecule is CC(C)(CO)c1c2c(c(O)c3c1OCCC3)OCCC2. The molecular weight excluding hydrogens is 256 g/mol. The highest BCUT2D eigenvalue weighted by molar-refractivity contribution is 5.65. The van der Waals surface area contributed by atoms with Gasteiger partial charge in [-0.3, -0.25) is 0 Å². The summed E-state index contributed by atoms with van der Waals surface area (Å²) < 4.78 is 11.6. The number of aliphatic hydroxyl groups is 1. The smallest absolute Gasteiger partial charge is 0.164 e. The fourth-order valence-corrected chi connectivity index (χ4v) is 3.22. The minimum Gasteiger partial charge on any atom is -0.504 e. The van der Waals surface area contributed by atoms with Crippen LogP contribution >= 0.6 is 0 Å². The highest BCUT2D eigenvalue weighted by Crippen LogP contribution is 2.50. The molecule has 2 heterocycles. The number of aromatic hydroxyl groups is 1. The van der Waals surface area contributed by atoms with E-state index in [1.807, 2.05) is 13.8 Å². The van der Waals surface area contributed by atoms with Crippen molar-refractivity contribution in [2.45, 2.75) is 44.9 Å². The molecule has 2 aliphatic rings. The third-order valence-electron chi connectivity index (χ3n) is 4.29. The van der Waals surface area contributed by atoms with Crippen molar-refractivity contribution in [3.05, 3.63) is 16.7 Å². The summed E-state index contributed by atoms with van der Waals surface area (Å²) in [5, 5.41) is 20.2. The van der Waals surface area contributed by atoms with Crippen molar-refractivity contribution in [2.24, 2.45) is 0 Å². The van der Waals surface area contributed by atoms with E-state index in [1.54, 1.807) is 0 Å². The van der Waals surface area contributed by atoms with E-state index in [0.29, 0.717) is 19.0 Å². The average molecular weight is 278 g/mol. The molecule has 20 heavy (non-hydrogen) atoms. The Morgan fingerprint density at radius 2 is 1.60 bits per heavy atom. The average Bonchev–Trinajstić information content (AvgIpc) is 2.47. The molecule has 0 aromatic heterocycles. The molecule has 2 N–H and O–H groups in total. The molecule has 0 saturated carbocycles. The second-order valence-electron chi connectivity index (χ2n) is 6.28. The van der Waals surface area contributed by atoms with E-state index in [4.69, 9.17) is 9.47 Å². The van der Waals surface area contributed by atoms with E-state index in [-0.39, 0.29) is 12.4 Å². The molecule has 0 amide bonds. The largest absolute Gasteiger partial charge is 0.504 e. The lowest BCUT2D eigenvalue weighted by atomic mass is 9.77. The number of hydrogen-bond donors (Lipinski definition) is 2. The van der Waals surface area contributed by atoms with Gasteiger partial charge in [-0.2, -0.15) is 0 Å². The van der Waals surface area contributed by atoms with Crippen LogP contribution in [0.2, 0.25) is 0 Å². The maximum atomic E-state index is 10.5. The van der Waals surface area contributed by atoms with Crippen LogP contribution in [0.4, 0.5) is 0 Å². The third-order valence-corrected chi connectivity index (χ3v) is 4.29. The van der Waals surface area contributed by atoms with E-state index in [9.17, 15) is 10.2 Å². The van der Waals surface area contributed by atoms with Gasteiger partial charge in [-0.25, -0.2) is 0 Å². The zero-order valence-electron chi connectivity index (χ0n) is 12.2. The highest BCUT2D eigenvalue weighted by atomic mass is 16.5. The lowest BCUT2D eigenvalue weighted by Gasteiger charge is -2.34. The molecule has 0 spiro atoms. The Bertz CT molecular complexity index is 497. The standard InChI is InChI=1S/C16H22O4/c1-16(2,9-17)12-10-5-3-8-20-15(10)13(18)11-6-4-7-19-14(11)12/h17-18H,3-9H2,1-2H3. The van der Waals surface area contributed by atoms with Gasteiger partial charge in [0.25, 0.3) is 0 Å². The number of fused-ring (bicyclic) bond motifs is 2. The van der Waals surface area contributed by atoms with Crippen molar-refractivity contribution in [1.29, 1.82) is 0 Å². The lowest BCUT2D eigenvalue weighted by Crippen LogP contribution is -2.28. The molecule has 4 nitrogen and oxygen atoms in total. The summed E-state index contributed by atoms with van der Waals surface area (Å²) in [4.78, 5) is 0. The van der Waals surface area contributed by atoms with Gasteiger partial charge < -0.3 is 19.7 Å². The Hall–Kier alpha value is -1.42. The minimum absolute atomic E-state index is 0.0417. The normalized spacial score (nSPS) is 17.8. The van der Waals surface area contributed by atoms with Crippen LogP contribution in [0.1, 0.15) is 43.4 Å². The molecular formula is C16H22O4. The first-order valence-electron chi connectivity index (χ1n) is 7.34. The van der Waals surface area contributed by atoms with Crippen LogP contribution < -0.4 is 9.47 Å². The van der Waals surface area contributed by atoms with Crippen molar-refractivity contribution in [2.75, 3.05) is 19.8 Å². The Morgan fingerprint density at radius 1 is 1.00 bits per heavy atom. The van der Waals surface area contributed by atoms with Crippen LogP contribution in [0.5, 0.6) is 17.2 Å². The summed E-state index contributed by atoms with van der Waals surface area (Å²) in [6.45, 7) is 5.36. The summed E-state index contributed by atoms with van der Waals surface area (Å²) in [5.41, 5.74) is 2.46. The van der Waals surface area contributed by atoms with Crippen molar-refractivity contribution in [1.82, 2.24) is 0 Å². The predicted molar refractivity (Wildman–Crippen MR) is 75.9 cm³/mol. The Kier molecular flexibility index (Phi) is 3.28. The first-order chi connectivity index (χ1) is 9.56. The predicted octanol–water partition coefficient (Wildman–Crippen LogP) is 2.31. The number of benzene rings is 1. The third kappa shape index (κ3) is 1.94. The Morgan fingerprint density at radius 3 is 2.25 bits per heavy atom. The molecule has 0 aliphatic carbocycles. The van der Waals surface area contributed by atoms with Gasteiger partial charge in [0.2, 0.25) is 0 Å². The number of hydrogen-bond acceptors (Lipinski definition) is 4. The van der Waals surface area contributed by atoms with Crippen molar-refractivity contribution < 1.29 is 19.7 Å². The van der Waals surface area contributed by atoms with Gasteiger partial charge in [0.05, 0.1) is 19.8 Å². The van der Waals surface area contributed by atoms with Crippen molar-refractivity contribution in [3.63, 3.8) is 0 Å².